The average Bonchev–Trinajstić information content (AvgIpc) is 2.84. The molecule has 0 amide bonds. The number of benzene rings is 2. The van der Waals surface area contributed by atoms with Crippen LogP contribution < -0.4 is 5.73 Å². The maximum atomic E-state index is 5.79. The van der Waals surface area contributed by atoms with Gasteiger partial charge < -0.3 is 5.73 Å². The van der Waals surface area contributed by atoms with Crippen LogP contribution in [0.2, 0.25) is 0 Å². The third-order valence-corrected chi connectivity index (χ3v) is 3.25. The zero-order chi connectivity index (χ0) is 12.5. The Labute approximate surface area is 106 Å². The van der Waals surface area contributed by atoms with Crippen LogP contribution in [0.1, 0.15) is 5.56 Å². The summed E-state index contributed by atoms with van der Waals surface area (Å²) in [6.07, 6.45) is 3.92. The molecule has 3 heteroatoms. The lowest BCUT2D eigenvalue weighted by molar-refractivity contribution is 0.768. The van der Waals surface area contributed by atoms with Gasteiger partial charge in [-0.1, -0.05) is 36.4 Å². The quantitative estimate of drug-likeness (QED) is 0.744. The van der Waals surface area contributed by atoms with Crippen molar-refractivity contribution in [2.45, 2.75) is 6.54 Å². The predicted octanol–water partition coefficient (Wildman–Crippen LogP) is 2.70. The molecule has 1 aromatic heterocycles. The second-order valence-electron chi connectivity index (χ2n) is 4.42. The summed E-state index contributed by atoms with van der Waals surface area (Å²) in [5.41, 5.74) is 9.31. The average molecular weight is 237 g/mol. The number of hydrogen-bond donors (Lipinski definition) is 1. The van der Waals surface area contributed by atoms with E-state index in [2.05, 4.69) is 41.5 Å². The molecule has 0 aliphatic heterocycles. The molecule has 0 spiro atoms. The zero-order valence-corrected chi connectivity index (χ0v) is 10.3. The molecule has 3 nitrogen and oxygen atoms in total. The van der Waals surface area contributed by atoms with Crippen molar-refractivity contribution >= 4 is 10.8 Å². The molecule has 1 heterocycles. The van der Waals surface area contributed by atoms with Gasteiger partial charge in [-0.05, 0) is 21.9 Å². The van der Waals surface area contributed by atoms with Crippen molar-refractivity contribution in [2.75, 3.05) is 0 Å². The first kappa shape index (κ1) is 11.0. The Kier molecular flexibility index (Phi) is 2.61. The van der Waals surface area contributed by atoms with E-state index in [-0.39, 0.29) is 0 Å². The molecular weight excluding hydrogens is 222 g/mol. The molecule has 90 valence electrons. The number of nitrogens with two attached hydrogens (primary N) is 1. The van der Waals surface area contributed by atoms with Gasteiger partial charge in [0.2, 0.25) is 0 Å². The minimum Gasteiger partial charge on any atom is -0.326 e. The van der Waals surface area contributed by atoms with Gasteiger partial charge in [0, 0.05) is 25.4 Å². The molecule has 18 heavy (non-hydrogen) atoms. The fourth-order valence-electron chi connectivity index (χ4n) is 2.35. The number of nitrogens with zero attached hydrogens (tertiary/aromatic N) is 2. The molecule has 0 saturated carbocycles. The molecule has 0 aliphatic carbocycles. The molecule has 0 saturated heterocycles. The molecule has 3 aromatic rings. The topological polar surface area (TPSA) is 43.8 Å². The van der Waals surface area contributed by atoms with Crippen LogP contribution in [0.15, 0.2) is 48.8 Å². The van der Waals surface area contributed by atoms with E-state index in [1.165, 1.54) is 21.9 Å². The lowest BCUT2D eigenvalue weighted by Crippen LogP contribution is -1.97. The summed E-state index contributed by atoms with van der Waals surface area (Å²) >= 11 is 0. The molecule has 3 rings (SSSR count). The summed E-state index contributed by atoms with van der Waals surface area (Å²) in [6, 6.07) is 12.6. The molecule has 2 N–H and O–H groups in total. The van der Waals surface area contributed by atoms with E-state index < -0.39 is 0 Å². The van der Waals surface area contributed by atoms with Crippen molar-refractivity contribution in [1.82, 2.24) is 9.78 Å². The standard InChI is InChI=1S/C15H15N3/c1-18-10-12(9-17-18)14-7-6-11(8-16)13-4-2-3-5-15(13)14/h2-7,9-10H,8,16H2,1H3. The number of aryl methyl sites for hydroxylation is 1. The first-order chi connectivity index (χ1) is 8.79. The lowest BCUT2D eigenvalue weighted by Gasteiger charge is -2.08. The number of aromatic nitrogens is 2. The monoisotopic (exact) mass is 237 g/mol. The third-order valence-electron chi connectivity index (χ3n) is 3.25. The van der Waals surface area contributed by atoms with Crippen LogP contribution in [0.3, 0.4) is 0 Å². The van der Waals surface area contributed by atoms with Gasteiger partial charge in [0.25, 0.3) is 0 Å². The summed E-state index contributed by atoms with van der Waals surface area (Å²) < 4.78 is 1.82. The number of rotatable bonds is 2. The van der Waals surface area contributed by atoms with Gasteiger partial charge in [-0.15, -0.1) is 0 Å². The van der Waals surface area contributed by atoms with Gasteiger partial charge in [-0.3, -0.25) is 4.68 Å². The highest BCUT2D eigenvalue weighted by molar-refractivity contribution is 5.98. The first-order valence-electron chi connectivity index (χ1n) is 5.99. The van der Waals surface area contributed by atoms with Crippen LogP contribution >= 0.6 is 0 Å². The Morgan fingerprint density at radius 2 is 1.89 bits per heavy atom. The third kappa shape index (κ3) is 1.69. The number of fused-ring (bicyclic) bond motifs is 1. The van der Waals surface area contributed by atoms with E-state index in [0.717, 1.165) is 5.56 Å². The van der Waals surface area contributed by atoms with Crippen LogP contribution in [-0.4, -0.2) is 9.78 Å². The van der Waals surface area contributed by atoms with Gasteiger partial charge in [-0.25, -0.2) is 0 Å². The minimum atomic E-state index is 0.563. The second kappa shape index (κ2) is 4.27. The normalized spacial score (nSPS) is 11.0. The van der Waals surface area contributed by atoms with Crippen LogP contribution in [0.25, 0.3) is 21.9 Å². The molecule has 0 radical (unpaired) electrons. The maximum absolute atomic E-state index is 5.79. The number of hydrogen-bond acceptors (Lipinski definition) is 2. The van der Waals surface area contributed by atoms with Crippen molar-refractivity contribution in [3.8, 4) is 11.1 Å². The molecule has 0 bridgehead atoms. The van der Waals surface area contributed by atoms with Crippen molar-refractivity contribution in [2.24, 2.45) is 12.8 Å². The van der Waals surface area contributed by atoms with E-state index in [1.54, 1.807) is 0 Å². The van der Waals surface area contributed by atoms with E-state index in [1.807, 2.05) is 24.1 Å². The fourth-order valence-corrected chi connectivity index (χ4v) is 2.35. The summed E-state index contributed by atoms with van der Waals surface area (Å²) in [4.78, 5) is 0. The van der Waals surface area contributed by atoms with Crippen LogP contribution in [0.5, 0.6) is 0 Å². The Hall–Kier alpha value is -2.13. The van der Waals surface area contributed by atoms with E-state index in [9.17, 15) is 0 Å². The smallest absolute Gasteiger partial charge is 0.0568 e. The highest BCUT2D eigenvalue weighted by Crippen LogP contribution is 2.30. The maximum Gasteiger partial charge on any atom is 0.0568 e. The predicted molar refractivity (Wildman–Crippen MR) is 74.0 cm³/mol. The second-order valence-corrected chi connectivity index (χ2v) is 4.42. The molecule has 0 aliphatic rings. The minimum absolute atomic E-state index is 0.563. The Morgan fingerprint density at radius 3 is 2.56 bits per heavy atom. The van der Waals surface area contributed by atoms with Crippen LogP contribution in [-0.2, 0) is 13.6 Å². The van der Waals surface area contributed by atoms with E-state index >= 15 is 0 Å². The summed E-state index contributed by atoms with van der Waals surface area (Å²) in [7, 11) is 1.93. The molecule has 0 fully saturated rings. The molecule has 2 aromatic carbocycles. The van der Waals surface area contributed by atoms with Crippen molar-refractivity contribution in [3.05, 3.63) is 54.4 Å². The molecule has 0 unspecified atom stereocenters. The highest BCUT2D eigenvalue weighted by atomic mass is 15.2. The van der Waals surface area contributed by atoms with Gasteiger partial charge in [0.05, 0.1) is 6.20 Å². The van der Waals surface area contributed by atoms with Crippen molar-refractivity contribution in [1.29, 1.82) is 0 Å². The van der Waals surface area contributed by atoms with Crippen molar-refractivity contribution in [3.63, 3.8) is 0 Å². The van der Waals surface area contributed by atoms with Crippen LogP contribution in [0, 0.1) is 0 Å². The Morgan fingerprint density at radius 1 is 1.11 bits per heavy atom. The summed E-state index contributed by atoms with van der Waals surface area (Å²) in [5.74, 6) is 0. The zero-order valence-electron chi connectivity index (χ0n) is 10.3. The summed E-state index contributed by atoms with van der Waals surface area (Å²) in [6.45, 7) is 0.563. The molecular formula is C15H15N3. The summed E-state index contributed by atoms with van der Waals surface area (Å²) in [5, 5.41) is 6.69. The van der Waals surface area contributed by atoms with Crippen LogP contribution in [0.4, 0.5) is 0 Å². The van der Waals surface area contributed by atoms with Gasteiger partial charge in [-0.2, -0.15) is 5.10 Å². The first-order valence-corrected chi connectivity index (χ1v) is 5.99. The molecule has 0 atom stereocenters. The van der Waals surface area contributed by atoms with E-state index in [0.29, 0.717) is 6.54 Å². The largest absolute Gasteiger partial charge is 0.326 e. The van der Waals surface area contributed by atoms with Gasteiger partial charge in [0.15, 0.2) is 0 Å². The Bertz CT molecular complexity index is 698. The van der Waals surface area contributed by atoms with Gasteiger partial charge in [0.1, 0.15) is 0 Å². The highest BCUT2D eigenvalue weighted by Gasteiger charge is 2.07. The van der Waals surface area contributed by atoms with Gasteiger partial charge >= 0.3 is 0 Å². The lowest BCUT2D eigenvalue weighted by atomic mass is 9.97. The Balaban J connectivity index is 2.31. The fraction of sp³-hybridized carbons (Fsp3) is 0.133. The van der Waals surface area contributed by atoms with Crippen molar-refractivity contribution < 1.29 is 0 Å². The SMILES string of the molecule is Cn1cc(-c2ccc(CN)c3ccccc23)cn1. The van der Waals surface area contributed by atoms with E-state index in [4.69, 9.17) is 5.73 Å².